The maximum Gasteiger partial charge on any atom is 0.231 e. The number of rotatable bonds is 6. The number of benzene rings is 2. The van der Waals surface area contributed by atoms with Crippen LogP contribution in [0, 0.1) is 18.3 Å². The van der Waals surface area contributed by atoms with Gasteiger partial charge in [0.2, 0.25) is 5.91 Å². The summed E-state index contributed by atoms with van der Waals surface area (Å²) in [7, 11) is 1.57. The van der Waals surface area contributed by atoms with Gasteiger partial charge in [0.05, 0.1) is 36.1 Å². The van der Waals surface area contributed by atoms with Gasteiger partial charge in [0, 0.05) is 17.9 Å². The molecule has 2 aromatic carbocycles. The first kappa shape index (κ1) is 22.3. The third-order valence-corrected chi connectivity index (χ3v) is 7.10. The van der Waals surface area contributed by atoms with Gasteiger partial charge in [-0.05, 0) is 31.0 Å². The molecular weight excluding hydrogens is 424 g/mol. The number of allylic oxidation sites excluding steroid dienone is 1. The van der Waals surface area contributed by atoms with E-state index in [1.165, 1.54) is 16.7 Å². The van der Waals surface area contributed by atoms with Gasteiger partial charge in [-0.25, -0.2) is 0 Å². The van der Waals surface area contributed by atoms with Crippen molar-refractivity contribution in [3.05, 3.63) is 69.8 Å². The topological polar surface area (TPSA) is 82.8 Å². The van der Waals surface area contributed by atoms with Crippen LogP contribution in [0.1, 0.15) is 42.4 Å². The van der Waals surface area contributed by atoms with Crippen LogP contribution < -0.4 is 9.47 Å². The Morgan fingerprint density at radius 1 is 1.25 bits per heavy atom. The summed E-state index contributed by atoms with van der Waals surface area (Å²) in [6.07, 6.45) is 0.975. The van der Waals surface area contributed by atoms with Crippen molar-refractivity contribution in [3.8, 4) is 17.6 Å². The minimum atomic E-state index is -1.46. The van der Waals surface area contributed by atoms with Gasteiger partial charge in [0.15, 0.2) is 17.2 Å². The number of aliphatic hydroxyl groups is 1. The fourth-order valence-corrected chi connectivity index (χ4v) is 5.54. The summed E-state index contributed by atoms with van der Waals surface area (Å²) in [6.45, 7) is 4.58. The maximum absolute atomic E-state index is 13.3. The molecule has 1 fully saturated rings. The number of amides is 1. The summed E-state index contributed by atoms with van der Waals surface area (Å²) in [6, 6.07) is 15.4. The summed E-state index contributed by atoms with van der Waals surface area (Å²) >= 11 is 1.35. The van der Waals surface area contributed by atoms with E-state index in [9.17, 15) is 15.2 Å². The number of hydrogen-bond donors (Lipinski definition) is 1. The molecule has 0 saturated carbocycles. The highest BCUT2D eigenvalue weighted by Crippen LogP contribution is 2.52. The second-order valence-electron chi connectivity index (χ2n) is 8.05. The molecule has 2 atom stereocenters. The third kappa shape index (κ3) is 3.74. The zero-order valence-corrected chi connectivity index (χ0v) is 19.2. The minimum absolute atomic E-state index is 0.0967. The molecule has 7 heteroatoms. The van der Waals surface area contributed by atoms with Crippen molar-refractivity contribution in [2.45, 2.75) is 38.3 Å². The number of carbonyl (C=O) groups excluding carboxylic acids is 1. The van der Waals surface area contributed by atoms with Crippen LogP contribution in [0.4, 0.5) is 0 Å². The van der Waals surface area contributed by atoms with Gasteiger partial charge in [0.25, 0.3) is 0 Å². The lowest BCUT2D eigenvalue weighted by Crippen LogP contribution is -2.48. The zero-order valence-electron chi connectivity index (χ0n) is 18.4. The smallest absolute Gasteiger partial charge is 0.231 e. The first-order valence-corrected chi connectivity index (χ1v) is 11.6. The molecule has 0 radical (unpaired) electrons. The van der Waals surface area contributed by atoms with E-state index in [0.29, 0.717) is 34.3 Å². The SMILES string of the molecule is CCCOc1ccc([C@@H]2CC(=O)N3C(=C2C#N)SC[C@@]3(O)c2ccc(C)cc2)cc1OC. The van der Waals surface area contributed by atoms with Gasteiger partial charge in [-0.15, -0.1) is 11.8 Å². The Labute approximate surface area is 192 Å². The Bertz CT molecular complexity index is 1110. The number of thioether (sulfide) groups is 1. The average Bonchev–Trinajstić information content (AvgIpc) is 3.17. The van der Waals surface area contributed by atoms with Crippen molar-refractivity contribution in [3.63, 3.8) is 0 Å². The molecule has 0 spiro atoms. The van der Waals surface area contributed by atoms with Gasteiger partial charge in [0.1, 0.15) is 0 Å². The van der Waals surface area contributed by atoms with Crippen molar-refractivity contribution in [2.24, 2.45) is 0 Å². The molecule has 0 aliphatic carbocycles. The van der Waals surface area contributed by atoms with Crippen molar-refractivity contribution in [1.82, 2.24) is 4.90 Å². The van der Waals surface area contributed by atoms with E-state index < -0.39 is 11.6 Å². The van der Waals surface area contributed by atoms with Gasteiger partial charge in [-0.1, -0.05) is 42.8 Å². The van der Waals surface area contributed by atoms with Crippen LogP contribution in [0.5, 0.6) is 11.5 Å². The zero-order chi connectivity index (χ0) is 22.9. The van der Waals surface area contributed by atoms with Gasteiger partial charge in [-0.2, -0.15) is 5.26 Å². The molecule has 0 aromatic heterocycles. The Hall–Kier alpha value is -2.95. The van der Waals surface area contributed by atoms with Crippen molar-refractivity contribution < 1.29 is 19.4 Å². The molecule has 1 saturated heterocycles. The van der Waals surface area contributed by atoms with Crippen LogP contribution in [-0.4, -0.2) is 35.4 Å². The van der Waals surface area contributed by atoms with E-state index in [1.807, 2.05) is 56.3 Å². The summed E-state index contributed by atoms with van der Waals surface area (Å²) < 4.78 is 11.2. The van der Waals surface area contributed by atoms with Crippen LogP contribution in [0.15, 0.2) is 53.1 Å². The first-order valence-electron chi connectivity index (χ1n) is 10.6. The number of fused-ring (bicyclic) bond motifs is 1. The molecule has 32 heavy (non-hydrogen) atoms. The van der Waals surface area contributed by atoms with Gasteiger partial charge >= 0.3 is 0 Å². The third-order valence-electron chi connectivity index (χ3n) is 5.88. The Balaban J connectivity index is 1.73. The van der Waals surface area contributed by atoms with E-state index >= 15 is 0 Å². The molecule has 6 nitrogen and oxygen atoms in total. The summed E-state index contributed by atoms with van der Waals surface area (Å²) in [5.74, 6) is 0.880. The molecule has 1 amide bonds. The van der Waals surface area contributed by atoms with Crippen LogP contribution in [0.25, 0.3) is 0 Å². The molecule has 2 aliphatic heterocycles. The quantitative estimate of drug-likeness (QED) is 0.701. The summed E-state index contributed by atoms with van der Waals surface area (Å²) in [4.78, 5) is 14.7. The molecule has 1 N–H and O–H groups in total. The van der Waals surface area contributed by atoms with E-state index in [1.54, 1.807) is 7.11 Å². The van der Waals surface area contributed by atoms with Gasteiger partial charge in [-0.3, -0.25) is 9.69 Å². The molecule has 2 aromatic rings. The van der Waals surface area contributed by atoms with E-state index in [0.717, 1.165) is 17.5 Å². The van der Waals surface area contributed by atoms with E-state index in [2.05, 4.69) is 6.07 Å². The monoisotopic (exact) mass is 450 g/mol. The number of nitrogens with zero attached hydrogens (tertiary/aromatic N) is 2. The lowest BCUT2D eigenvalue weighted by atomic mass is 9.85. The lowest BCUT2D eigenvalue weighted by Gasteiger charge is -2.38. The van der Waals surface area contributed by atoms with Crippen LogP contribution in [0.3, 0.4) is 0 Å². The normalized spacial score (nSPS) is 22.5. The molecule has 2 heterocycles. The standard InChI is InChI=1S/C25H26N2O4S/c1-4-11-31-21-10-7-17(12-22(21)30-3)19-13-23(28)27-24(20(19)14-26)32-15-25(27,29)18-8-5-16(2)6-9-18/h5-10,12,19,29H,4,11,13,15H2,1-3H3/t19-,25+/m0/s1. The fraction of sp³-hybridized carbons (Fsp3) is 0.360. The first-order chi connectivity index (χ1) is 15.4. The molecule has 0 bridgehead atoms. The van der Waals surface area contributed by atoms with Crippen molar-refractivity contribution >= 4 is 17.7 Å². The van der Waals surface area contributed by atoms with E-state index in [-0.39, 0.29) is 18.1 Å². The van der Waals surface area contributed by atoms with Crippen molar-refractivity contribution in [2.75, 3.05) is 19.5 Å². The Morgan fingerprint density at radius 3 is 2.66 bits per heavy atom. The predicted octanol–water partition coefficient (Wildman–Crippen LogP) is 4.44. The van der Waals surface area contributed by atoms with Crippen LogP contribution >= 0.6 is 11.8 Å². The highest BCUT2D eigenvalue weighted by molar-refractivity contribution is 8.03. The number of ether oxygens (including phenoxy) is 2. The molecule has 166 valence electrons. The van der Waals surface area contributed by atoms with E-state index in [4.69, 9.17) is 9.47 Å². The van der Waals surface area contributed by atoms with Crippen molar-refractivity contribution in [1.29, 1.82) is 5.26 Å². The second-order valence-corrected chi connectivity index (χ2v) is 9.01. The summed E-state index contributed by atoms with van der Waals surface area (Å²) in [5.41, 5.74) is 1.56. The molecule has 4 rings (SSSR count). The average molecular weight is 451 g/mol. The second kappa shape index (κ2) is 8.89. The van der Waals surface area contributed by atoms with Crippen LogP contribution in [0.2, 0.25) is 0 Å². The predicted molar refractivity (Wildman–Crippen MR) is 123 cm³/mol. The number of hydrogen-bond acceptors (Lipinski definition) is 6. The number of carbonyl (C=O) groups is 1. The highest BCUT2D eigenvalue weighted by atomic mass is 32.2. The molecule has 2 aliphatic rings. The fourth-order valence-electron chi connectivity index (χ4n) is 4.18. The number of nitriles is 1. The highest BCUT2D eigenvalue weighted by Gasteiger charge is 2.51. The van der Waals surface area contributed by atoms with Gasteiger partial charge < -0.3 is 14.6 Å². The number of methoxy groups -OCH3 is 1. The Morgan fingerprint density at radius 2 is 2.00 bits per heavy atom. The Kier molecular flexibility index (Phi) is 6.18. The lowest BCUT2D eigenvalue weighted by molar-refractivity contribution is -0.149. The number of aryl methyl sites for hydroxylation is 1. The minimum Gasteiger partial charge on any atom is -0.493 e. The largest absolute Gasteiger partial charge is 0.493 e. The van der Waals surface area contributed by atoms with Crippen LogP contribution in [-0.2, 0) is 10.5 Å². The molecular formula is C25H26N2O4S. The summed E-state index contributed by atoms with van der Waals surface area (Å²) in [5, 5.41) is 22.1. The maximum atomic E-state index is 13.3. The molecule has 0 unspecified atom stereocenters.